The number of amides is 1. The molecule has 0 saturated carbocycles. The molecule has 10 heteroatoms. The molecule has 3 N–H and O–H groups in total. The van der Waals surface area contributed by atoms with Crippen LogP contribution in [0.25, 0.3) is 21.7 Å². The standard InChI is InChI=1S/C28H25ClFN3O5/c29-19-2-1-16-11-26(22(27(31)35)10-18(16)9-19)38-15-25(34)23-14-33(24-12-20(30)3-4-21(23)24)8-7-32-6-5-17(13-32)28(36)37/h1-4,9-12,14,17H,5-8,13,15H2,(H2,31,35)(H,36,37)/t17-/m0/s1. The first-order valence-corrected chi connectivity index (χ1v) is 12.5. The van der Waals surface area contributed by atoms with Gasteiger partial charge in [0, 0.05) is 41.8 Å². The van der Waals surface area contributed by atoms with Gasteiger partial charge in [-0.15, -0.1) is 0 Å². The van der Waals surface area contributed by atoms with Gasteiger partial charge < -0.3 is 25.0 Å². The third-order valence-electron chi connectivity index (χ3n) is 6.95. The molecular weight excluding hydrogens is 513 g/mol. The molecule has 38 heavy (non-hydrogen) atoms. The molecule has 4 aromatic rings. The zero-order chi connectivity index (χ0) is 27.0. The highest BCUT2D eigenvalue weighted by Crippen LogP contribution is 2.29. The summed E-state index contributed by atoms with van der Waals surface area (Å²) in [4.78, 5) is 38.6. The number of primary amides is 1. The molecule has 0 radical (unpaired) electrons. The lowest BCUT2D eigenvalue weighted by Gasteiger charge is -2.16. The van der Waals surface area contributed by atoms with E-state index in [1.165, 1.54) is 12.1 Å². The Morgan fingerprint density at radius 1 is 1.05 bits per heavy atom. The maximum absolute atomic E-state index is 14.1. The van der Waals surface area contributed by atoms with Crippen LogP contribution in [-0.4, -0.2) is 58.5 Å². The number of aromatic nitrogens is 1. The fraction of sp³-hybridized carbons (Fsp3) is 0.250. The van der Waals surface area contributed by atoms with Crippen molar-refractivity contribution in [2.24, 2.45) is 11.7 Å². The normalized spacial score (nSPS) is 15.8. The minimum Gasteiger partial charge on any atom is -0.485 e. The quantitative estimate of drug-likeness (QED) is 0.307. The van der Waals surface area contributed by atoms with Gasteiger partial charge in [-0.3, -0.25) is 14.4 Å². The maximum Gasteiger partial charge on any atom is 0.307 e. The number of nitrogens with zero attached hydrogens (tertiary/aromatic N) is 2. The van der Waals surface area contributed by atoms with Gasteiger partial charge in [0.2, 0.25) is 5.78 Å². The average Bonchev–Trinajstić information content (AvgIpc) is 3.50. The van der Waals surface area contributed by atoms with Crippen molar-refractivity contribution in [3.05, 3.63) is 76.7 Å². The van der Waals surface area contributed by atoms with Crippen LogP contribution in [0.2, 0.25) is 5.02 Å². The molecule has 1 aliphatic heterocycles. The number of rotatable bonds is 9. The lowest BCUT2D eigenvalue weighted by molar-refractivity contribution is -0.141. The molecule has 1 atom stereocenters. The van der Waals surface area contributed by atoms with Crippen LogP contribution in [0, 0.1) is 11.7 Å². The summed E-state index contributed by atoms with van der Waals surface area (Å²) >= 11 is 6.05. The molecule has 8 nitrogen and oxygen atoms in total. The predicted molar refractivity (Wildman–Crippen MR) is 141 cm³/mol. The predicted octanol–water partition coefficient (Wildman–Crippen LogP) is 4.35. The summed E-state index contributed by atoms with van der Waals surface area (Å²) in [6, 6.07) is 12.6. The van der Waals surface area contributed by atoms with E-state index in [1.54, 1.807) is 47.2 Å². The number of fused-ring (bicyclic) bond motifs is 2. The molecule has 1 aromatic heterocycles. The van der Waals surface area contributed by atoms with E-state index in [9.17, 15) is 23.9 Å². The van der Waals surface area contributed by atoms with E-state index >= 15 is 0 Å². The smallest absolute Gasteiger partial charge is 0.307 e. The molecule has 1 amide bonds. The number of carboxylic acid groups (broad SMARTS) is 1. The van der Waals surface area contributed by atoms with Crippen LogP contribution in [0.1, 0.15) is 27.1 Å². The topological polar surface area (TPSA) is 115 Å². The van der Waals surface area contributed by atoms with Gasteiger partial charge in [-0.2, -0.15) is 0 Å². The van der Waals surface area contributed by atoms with Crippen molar-refractivity contribution >= 4 is 50.9 Å². The highest BCUT2D eigenvalue weighted by Gasteiger charge is 2.28. The van der Waals surface area contributed by atoms with E-state index in [-0.39, 0.29) is 29.6 Å². The van der Waals surface area contributed by atoms with Crippen LogP contribution in [0.4, 0.5) is 4.39 Å². The second kappa shape index (κ2) is 10.4. The van der Waals surface area contributed by atoms with E-state index in [1.807, 2.05) is 4.90 Å². The number of Topliss-reactive ketones (excluding diaryl/α,β-unsaturated/α-hetero) is 1. The molecule has 2 heterocycles. The number of carbonyl (C=O) groups excluding carboxylic acids is 2. The van der Waals surface area contributed by atoms with E-state index < -0.39 is 17.7 Å². The fourth-order valence-electron chi connectivity index (χ4n) is 4.94. The number of hydrogen-bond donors (Lipinski definition) is 2. The second-order valence-corrected chi connectivity index (χ2v) is 9.87. The SMILES string of the molecule is NC(=O)c1cc2cc(Cl)ccc2cc1OCC(=O)c1cn(CCN2CC[C@H](C(=O)O)C2)c2cc(F)ccc12. The minimum absolute atomic E-state index is 0.127. The lowest BCUT2D eigenvalue weighted by atomic mass is 10.1. The first kappa shape index (κ1) is 25.7. The van der Waals surface area contributed by atoms with Crippen LogP contribution in [0.3, 0.4) is 0 Å². The van der Waals surface area contributed by atoms with Crippen molar-refractivity contribution in [3.8, 4) is 5.75 Å². The summed E-state index contributed by atoms with van der Waals surface area (Å²) in [5.74, 6) is -2.49. The van der Waals surface area contributed by atoms with Crippen molar-refractivity contribution in [3.63, 3.8) is 0 Å². The Kier molecular flexibility index (Phi) is 7.05. The summed E-state index contributed by atoms with van der Waals surface area (Å²) in [6.07, 6.45) is 2.25. The number of ketones is 1. The molecular formula is C28H25ClFN3O5. The van der Waals surface area contributed by atoms with Crippen LogP contribution in [0.15, 0.2) is 54.7 Å². The van der Waals surface area contributed by atoms with Gasteiger partial charge in [-0.25, -0.2) is 4.39 Å². The second-order valence-electron chi connectivity index (χ2n) is 9.44. The average molecular weight is 538 g/mol. The Hall–Kier alpha value is -3.95. The Balaban J connectivity index is 1.37. The molecule has 0 spiro atoms. The highest BCUT2D eigenvalue weighted by atomic mass is 35.5. The molecule has 3 aromatic carbocycles. The Morgan fingerprint density at radius 3 is 2.61 bits per heavy atom. The number of carbonyl (C=O) groups is 3. The van der Waals surface area contributed by atoms with E-state index in [0.29, 0.717) is 59.5 Å². The van der Waals surface area contributed by atoms with Crippen LogP contribution in [0.5, 0.6) is 5.75 Å². The van der Waals surface area contributed by atoms with Crippen molar-refractivity contribution in [1.82, 2.24) is 9.47 Å². The van der Waals surface area contributed by atoms with Crippen molar-refractivity contribution < 1.29 is 28.6 Å². The summed E-state index contributed by atoms with van der Waals surface area (Å²) < 4.78 is 21.7. The first-order valence-electron chi connectivity index (χ1n) is 12.1. The van der Waals surface area contributed by atoms with Gasteiger partial charge >= 0.3 is 5.97 Å². The number of halogens is 2. The summed E-state index contributed by atoms with van der Waals surface area (Å²) in [7, 11) is 0. The third-order valence-corrected chi connectivity index (χ3v) is 7.18. The molecule has 0 aliphatic carbocycles. The van der Waals surface area contributed by atoms with Gasteiger partial charge in [0.15, 0.2) is 6.61 Å². The number of hydrogen-bond acceptors (Lipinski definition) is 5. The van der Waals surface area contributed by atoms with Gasteiger partial charge in [-0.1, -0.05) is 17.7 Å². The van der Waals surface area contributed by atoms with E-state index in [2.05, 4.69) is 0 Å². The number of carboxylic acids is 1. The largest absolute Gasteiger partial charge is 0.485 e. The van der Waals surface area contributed by atoms with Gasteiger partial charge in [-0.05, 0) is 66.2 Å². The van der Waals surface area contributed by atoms with E-state index in [0.717, 1.165) is 5.39 Å². The highest BCUT2D eigenvalue weighted by molar-refractivity contribution is 6.31. The van der Waals surface area contributed by atoms with Crippen LogP contribution in [-0.2, 0) is 11.3 Å². The number of benzene rings is 3. The maximum atomic E-state index is 14.1. The molecule has 0 bridgehead atoms. The van der Waals surface area contributed by atoms with Crippen molar-refractivity contribution in [2.45, 2.75) is 13.0 Å². The summed E-state index contributed by atoms with van der Waals surface area (Å²) in [5, 5.41) is 11.8. The molecule has 1 saturated heterocycles. The molecule has 5 rings (SSSR count). The van der Waals surface area contributed by atoms with Crippen LogP contribution < -0.4 is 10.5 Å². The number of nitrogens with two attached hydrogens (primary N) is 1. The Bertz CT molecular complexity index is 1580. The van der Waals surface area contributed by atoms with Gasteiger partial charge in [0.1, 0.15) is 11.6 Å². The summed E-state index contributed by atoms with van der Waals surface area (Å²) in [5.41, 5.74) is 6.60. The molecule has 196 valence electrons. The zero-order valence-corrected chi connectivity index (χ0v) is 21.1. The monoisotopic (exact) mass is 537 g/mol. The lowest BCUT2D eigenvalue weighted by Crippen LogP contribution is -2.26. The summed E-state index contributed by atoms with van der Waals surface area (Å²) in [6.45, 7) is 1.80. The fourth-order valence-corrected chi connectivity index (χ4v) is 5.12. The van der Waals surface area contributed by atoms with Crippen molar-refractivity contribution in [2.75, 3.05) is 26.2 Å². The van der Waals surface area contributed by atoms with Gasteiger partial charge in [0.25, 0.3) is 5.91 Å². The zero-order valence-electron chi connectivity index (χ0n) is 20.3. The van der Waals surface area contributed by atoms with Crippen molar-refractivity contribution in [1.29, 1.82) is 0 Å². The van der Waals surface area contributed by atoms with Crippen LogP contribution >= 0.6 is 11.6 Å². The molecule has 1 aliphatic rings. The minimum atomic E-state index is -0.802. The van der Waals surface area contributed by atoms with E-state index in [4.69, 9.17) is 22.1 Å². The first-order chi connectivity index (χ1) is 18.2. The number of ether oxygens (including phenoxy) is 1. The Morgan fingerprint density at radius 2 is 1.87 bits per heavy atom. The molecule has 0 unspecified atom stereocenters. The number of likely N-dealkylation sites (tertiary alicyclic amines) is 1. The third kappa shape index (κ3) is 5.20. The molecule has 1 fully saturated rings. The number of aliphatic carboxylic acids is 1. The van der Waals surface area contributed by atoms with Gasteiger partial charge in [0.05, 0.1) is 17.0 Å². The Labute approximate surface area is 222 Å².